The Morgan fingerprint density at radius 1 is 1.40 bits per heavy atom. The van der Waals surface area contributed by atoms with Gasteiger partial charge in [-0.3, -0.25) is 0 Å². The Morgan fingerprint density at radius 3 is 2.30 bits per heavy atom. The molecule has 1 aliphatic heterocycles. The molecule has 0 unspecified atom stereocenters. The molecule has 1 fully saturated rings. The van der Waals surface area contributed by atoms with Gasteiger partial charge in [0, 0.05) is 0 Å². The highest BCUT2D eigenvalue weighted by Crippen LogP contribution is 3.17. The molecule has 0 bridgehead atoms. The second kappa shape index (κ2) is 4.99. The van der Waals surface area contributed by atoms with Crippen molar-refractivity contribution < 1.29 is 0 Å². The highest BCUT2D eigenvalue weighted by atomic mass is 34.0. The molecule has 0 aromatic carbocycles. The van der Waals surface area contributed by atoms with Gasteiger partial charge in [0.15, 0.2) is 0 Å². The highest BCUT2D eigenvalue weighted by molar-refractivity contribution is 9.70. The van der Waals surface area contributed by atoms with E-state index in [0.717, 1.165) is 0 Å². The predicted molar refractivity (Wildman–Crippen MR) is 72.6 cm³/mol. The zero-order chi connectivity index (χ0) is 7.61. The molecule has 0 aromatic rings. The largest absolute Gasteiger partial charge is 0.115 e. The fourth-order valence-corrected chi connectivity index (χ4v) is 56.5. The van der Waals surface area contributed by atoms with Gasteiger partial charge in [0.05, 0.1) is 5.53 Å². The van der Waals surface area contributed by atoms with Crippen molar-refractivity contribution in [3.8, 4) is 0 Å². The fraction of sp³-hybridized carbons (Fsp3) is 1.00. The minimum absolute atomic E-state index is 0.214. The van der Waals surface area contributed by atoms with Crippen molar-refractivity contribution >= 4 is 76.4 Å². The molecule has 8 heteroatoms. The van der Waals surface area contributed by atoms with Crippen LogP contribution in [-0.2, 0) is 0 Å². The Bertz CT molecular complexity index is 106. The SMILES string of the molecule is CSP1S[P](SC)(SS)S1. The van der Waals surface area contributed by atoms with Gasteiger partial charge < -0.3 is 0 Å². The van der Waals surface area contributed by atoms with Crippen LogP contribution < -0.4 is 0 Å². The van der Waals surface area contributed by atoms with Gasteiger partial charge in [-0.15, -0.1) is 34.4 Å². The van der Waals surface area contributed by atoms with Gasteiger partial charge in [-0.1, -0.05) is 22.0 Å². The van der Waals surface area contributed by atoms with E-state index in [0.29, 0.717) is 0 Å². The summed E-state index contributed by atoms with van der Waals surface area (Å²) < 4.78 is -0.765. The van der Waals surface area contributed by atoms with Crippen molar-refractivity contribution in [1.82, 2.24) is 0 Å². The lowest BCUT2D eigenvalue weighted by atomic mass is 12.0. The average Bonchev–Trinajstić information content (AvgIpc) is 1.89. The zero-order valence-electron chi connectivity index (χ0n) is 5.38. The van der Waals surface area contributed by atoms with E-state index < -0.39 is 4.07 Å². The summed E-state index contributed by atoms with van der Waals surface area (Å²) in [7, 11) is 1.78. The first-order chi connectivity index (χ1) is 4.76. The molecule has 0 N–H and O–H groups in total. The lowest BCUT2D eigenvalue weighted by Crippen LogP contribution is -1.71. The lowest BCUT2D eigenvalue weighted by molar-refractivity contribution is 2.54. The van der Waals surface area contributed by atoms with Crippen LogP contribution in [0.3, 0.4) is 0 Å². The maximum atomic E-state index is 4.30. The molecule has 10 heavy (non-hydrogen) atoms. The van der Waals surface area contributed by atoms with E-state index in [1.165, 1.54) is 0 Å². The number of hydrogen-bond acceptors (Lipinski definition) is 6. The molecule has 0 spiro atoms. The molecule has 1 aliphatic rings. The minimum atomic E-state index is -0.765. The van der Waals surface area contributed by atoms with Crippen LogP contribution in [0.15, 0.2) is 0 Å². The molecule has 1 heterocycles. The van der Waals surface area contributed by atoms with E-state index >= 15 is 0 Å². The summed E-state index contributed by atoms with van der Waals surface area (Å²) in [6.07, 6.45) is 4.40. The van der Waals surface area contributed by atoms with Gasteiger partial charge in [0.25, 0.3) is 0 Å². The van der Waals surface area contributed by atoms with Gasteiger partial charge >= 0.3 is 0 Å². The Balaban J connectivity index is 2.31. The quantitative estimate of drug-likeness (QED) is 0.401. The summed E-state index contributed by atoms with van der Waals surface area (Å²) in [5.41, 5.74) is 0.214. The zero-order valence-corrected chi connectivity index (χ0v) is 12.1. The predicted octanol–water partition coefficient (Wildman–Crippen LogP) is 5.67. The van der Waals surface area contributed by atoms with E-state index in [9.17, 15) is 0 Å². The summed E-state index contributed by atoms with van der Waals surface area (Å²) >= 11 is 12.6. The first kappa shape index (κ1) is 11.0. The van der Waals surface area contributed by atoms with E-state index in [1.54, 1.807) is 10.4 Å². The van der Waals surface area contributed by atoms with Crippen LogP contribution in [0.25, 0.3) is 0 Å². The maximum Gasteiger partial charge on any atom is 0.101 e. The number of rotatable bonds is 3. The molecule has 61 valence electrons. The first-order valence-electron chi connectivity index (χ1n) is 2.28. The van der Waals surface area contributed by atoms with Crippen LogP contribution in [0.4, 0.5) is 0 Å². The average molecular weight is 285 g/mol. The fourth-order valence-electron chi connectivity index (χ4n) is 0.366. The highest BCUT2D eigenvalue weighted by Gasteiger charge is 2.44. The van der Waals surface area contributed by atoms with Crippen LogP contribution in [0.2, 0.25) is 0 Å². The second-order valence-electron chi connectivity index (χ2n) is 1.28. The van der Waals surface area contributed by atoms with E-state index in [4.69, 9.17) is 0 Å². The van der Waals surface area contributed by atoms with Crippen LogP contribution in [0.1, 0.15) is 0 Å². The molecule has 0 atom stereocenters. The van der Waals surface area contributed by atoms with Crippen molar-refractivity contribution in [2.45, 2.75) is 0 Å². The van der Waals surface area contributed by atoms with Crippen molar-refractivity contribution in [2.75, 3.05) is 12.5 Å². The monoisotopic (exact) mass is 285 g/mol. The third-order valence-electron chi connectivity index (χ3n) is 0.806. The normalized spacial score (nSPS) is 39.3. The van der Waals surface area contributed by atoms with Crippen LogP contribution >= 0.6 is 76.4 Å². The topological polar surface area (TPSA) is 0 Å². The van der Waals surface area contributed by atoms with Crippen molar-refractivity contribution in [3.63, 3.8) is 0 Å². The minimum Gasteiger partial charge on any atom is -0.115 e. The van der Waals surface area contributed by atoms with Gasteiger partial charge in [0.1, 0.15) is 4.07 Å². The lowest BCUT2D eigenvalue weighted by Gasteiger charge is -2.42. The molecule has 0 nitrogen and oxygen atoms in total. The Labute approximate surface area is 88.1 Å². The van der Waals surface area contributed by atoms with Gasteiger partial charge in [-0.05, 0) is 22.9 Å². The number of hydrogen-bond donors (Lipinski definition) is 1. The standard InChI is InChI=1S/C2H7P2S6/c1-6-3-8-4(7-2,9-3)10-5/h5H,1-2H3. The van der Waals surface area contributed by atoms with Gasteiger partial charge in [-0.2, -0.15) is 0 Å². The van der Waals surface area contributed by atoms with Crippen molar-refractivity contribution in [1.29, 1.82) is 0 Å². The van der Waals surface area contributed by atoms with E-state index in [2.05, 4.69) is 46.2 Å². The molecular formula is C2H7P2S6. The Hall–Kier alpha value is 2.96. The molecule has 1 rings (SSSR count). The van der Waals surface area contributed by atoms with Crippen LogP contribution in [0.5, 0.6) is 0 Å². The first-order valence-corrected chi connectivity index (χ1v) is 15.6. The third kappa shape index (κ3) is 2.47. The molecule has 1 saturated heterocycles. The Kier molecular flexibility index (Phi) is 5.51. The molecule has 1 radical (unpaired) electrons. The van der Waals surface area contributed by atoms with Gasteiger partial charge in [-0.25, -0.2) is 0 Å². The summed E-state index contributed by atoms with van der Waals surface area (Å²) in [4.78, 5) is 0. The molecule has 0 saturated carbocycles. The van der Waals surface area contributed by atoms with E-state index in [-0.39, 0.29) is 5.53 Å². The van der Waals surface area contributed by atoms with Crippen LogP contribution in [0, 0.1) is 0 Å². The second-order valence-corrected chi connectivity index (χ2v) is 28.0. The van der Waals surface area contributed by atoms with Crippen molar-refractivity contribution in [2.24, 2.45) is 0 Å². The number of thiol groups is 1. The summed E-state index contributed by atoms with van der Waals surface area (Å²) in [6, 6.07) is 0. The van der Waals surface area contributed by atoms with Crippen molar-refractivity contribution in [3.05, 3.63) is 0 Å². The van der Waals surface area contributed by atoms with Crippen LogP contribution in [-0.4, -0.2) is 12.5 Å². The molecule has 0 aromatic heterocycles. The molecule has 0 aliphatic carbocycles. The van der Waals surface area contributed by atoms with E-state index in [1.807, 2.05) is 22.8 Å². The summed E-state index contributed by atoms with van der Waals surface area (Å²) in [6.45, 7) is 0. The Morgan fingerprint density at radius 2 is 2.00 bits per heavy atom. The summed E-state index contributed by atoms with van der Waals surface area (Å²) in [5.74, 6) is 0. The maximum absolute atomic E-state index is 4.30. The molecular weight excluding hydrogens is 278 g/mol. The third-order valence-corrected chi connectivity index (χ3v) is 45.2. The molecule has 0 amide bonds. The van der Waals surface area contributed by atoms with Gasteiger partial charge in [0.2, 0.25) is 0 Å². The smallest absolute Gasteiger partial charge is 0.101 e. The summed E-state index contributed by atoms with van der Waals surface area (Å²) in [5, 5.41) is 0.